The maximum Gasteiger partial charge on any atom is 0.121 e. The summed E-state index contributed by atoms with van der Waals surface area (Å²) in [5.74, 6) is 3.63. The van der Waals surface area contributed by atoms with Crippen molar-refractivity contribution in [3.05, 3.63) is 11.3 Å². The molecule has 0 amide bonds. The highest BCUT2D eigenvalue weighted by Gasteiger charge is 2.62. The molecule has 0 aromatic rings. The van der Waals surface area contributed by atoms with Gasteiger partial charge in [0.05, 0.1) is 6.10 Å². The van der Waals surface area contributed by atoms with E-state index in [1.807, 2.05) is 0 Å². The highest BCUT2D eigenvalue weighted by atomic mass is 16.3. The van der Waals surface area contributed by atoms with Crippen LogP contribution in [0.5, 0.6) is 0 Å². The first kappa shape index (κ1) is 22.6. The lowest BCUT2D eigenvalue weighted by Crippen LogP contribution is -2.56. The molecule has 3 saturated carbocycles. The molecule has 3 N–H and O–H groups in total. The van der Waals surface area contributed by atoms with E-state index in [9.17, 15) is 15.3 Å². The van der Waals surface area contributed by atoms with Crippen LogP contribution in [0.1, 0.15) is 98.8 Å². The third kappa shape index (κ3) is 3.47. The smallest absolute Gasteiger partial charge is 0.121 e. The largest absolute Gasteiger partial charge is 0.510 e. The van der Waals surface area contributed by atoms with E-state index in [1.165, 1.54) is 38.5 Å². The molecule has 3 heteroatoms. The topological polar surface area (TPSA) is 60.7 Å². The van der Waals surface area contributed by atoms with Gasteiger partial charge >= 0.3 is 0 Å². The predicted octanol–water partition coefficient (Wildman–Crippen LogP) is 6.25. The van der Waals surface area contributed by atoms with Crippen molar-refractivity contribution in [1.29, 1.82) is 0 Å². The first-order valence-corrected chi connectivity index (χ1v) is 12.9. The molecule has 0 radical (unpaired) electrons. The van der Waals surface area contributed by atoms with Crippen molar-refractivity contribution in [1.82, 2.24) is 0 Å². The molecular weight excluding hydrogens is 372 g/mol. The molecule has 0 aliphatic heterocycles. The molecule has 0 aromatic carbocycles. The van der Waals surface area contributed by atoms with E-state index in [-0.39, 0.29) is 23.2 Å². The Bertz CT molecular complexity index is 669. The maximum atomic E-state index is 11.3. The Morgan fingerprint density at radius 1 is 0.933 bits per heavy atom. The first-order chi connectivity index (χ1) is 14.1. The normalized spacial score (nSPS) is 47.1. The minimum Gasteiger partial charge on any atom is -0.510 e. The van der Waals surface area contributed by atoms with E-state index in [4.69, 9.17) is 0 Å². The van der Waals surface area contributed by atoms with Gasteiger partial charge in [-0.2, -0.15) is 0 Å². The second kappa shape index (κ2) is 8.10. The van der Waals surface area contributed by atoms with Gasteiger partial charge in [0.25, 0.3) is 0 Å². The number of aliphatic hydroxyl groups excluding tert-OH is 3. The van der Waals surface area contributed by atoms with E-state index >= 15 is 0 Å². The summed E-state index contributed by atoms with van der Waals surface area (Å²) in [5.41, 5.74) is 1.22. The molecule has 0 aromatic heterocycles. The number of hydrogen-bond acceptors (Lipinski definition) is 3. The summed E-state index contributed by atoms with van der Waals surface area (Å²) in [6.07, 6.45) is 10.1. The van der Waals surface area contributed by atoms with E-state index in [1.54, 1.807) is 0 Å². The standard InChI is InChI=1S/C27H46O3/c1-16(2)7-6-8-17(3)19-9-10-20-23-21(12-14-26(19,20)4)27(5)13-11-18(28)15-22(27)24(29)25(23)30/h16-21,23,25,28-30H,6-15H2,1-5H3/t17-,18+,19-,20+,21+,23+,25?,26-,27-/m1/s1. The van der Waals surface area contributed by atoms with Crippen molar-refractivity contribution >= 4 is 0 Å². The van der Waals surface area contributed by atoms with Gasteiger partial charge in [0.2, 0.25) is 0 Å². The number of aliphatic hydroxyl groups is 3. The molecule has 4 aliphatic carbocycles. The SMILES string of the molecule is CC(C)CCC[C@@H](C)[C@H]1CC[C@H]2[C@@H]3C(O)C(O)=C4C[C@@H](O)CC[C@]4(C)[C@H]3CC[C@]12C. The lowest BCUT2D eigenvalue weighted by Gasteiger charge is -2.59. The molecule has 0 spiro atoms. The van der Waals surface area contributed by atoms with Crippen LogP contribution < -0.4 is 0 Å². The van der Waals surface area contributed by atoms with Gasteiger partial charge in [-0.25, -0.2) is 0 Å². The molecule has 3 fully saturated rings. The van der Waals surface area contributed by atoms with Gasteiger partial charge in [-0.05, 0) is 96.9 Å². The van der Waals surface area contributed by atoms with Gasteiger partial charge < -0.3 is 15.3 Å². The van der Waals surface area contributed by atoms with Gasteiger partial charge in [0, 0.05) is 0 Å². The molecular formula is C27H46O3. The molecule has 0 saturated heterocycles. The average molecular weight is 419 g/mol. The monoisotopic (exact) mass is 418 g/mol. The lowest BCUT2D eigenvalue weighted by molar-refractivity contribution is -0.113. The molecule has 9 atom stereocenters. The van der Waals surface area contributed by atoms with Crippen LogP contribution in [-0.2, 0) is 0 Å². The highest BCUT2D eigenvalue weighted by molar-refractivity contribution is 5.31. The fraction of sp³-hybridized carbons (Fsp3) is 0.926. The van der Waals surface area contributed by atoms with Gasteiger partial charge in [0.15, 0.2) is 0 Å². The summed E-state index contributed by atoms with van der Waals surface area (Å²) < 4.78 is 0. The fourth-order valence-electron chi connectivity index (χ4n) is 8.76. The second-order valence-electron chi connectivity index (χ2n) is 12.4. The van der Waals surface area contributed by atoms with E-state index in [2.05, 4.69) is 34.6 Å². The van der Waals surface area contributed by atoms with Crippen molar-refractivity contribution in [2.24, 2.45) is 46.3 Å². The molecule has 3 nitrogen and oxygen atoms in total. The zero-order valence-electron chi connectivity index (χ0n) is 20.0. The quantitative estimate of drug-likeness (QED) is 0.495. The highest BCUT2D eigenvalue weighted by Crippen LogP contribution is 2.68. The van der Waals surface area contributed by atoms with Gasteiger partial charge in [-0.15, -0.1) is 0 Å². The van der Waals surface area contributed by atoms with Crippen LogP contribution in [0.25, 0.3) is 0 Å². The van der Waals surface area contributed by atoms with Crippen molar-refractivity contribution in [3.8, 4) is 0 Å². The van der Waals surface area contributed by atoms with Crippen LogP contribution in [0.3, 0.4) is 0 Å². The third-order valence-corrected chi connectivity index (χ3v) is 10.4. The summed E-state index contributed by atoms with van der Waals surface area (Å²) in [7, 11) is 0. The molecule has 4 aliphatic rings. The van der Waals surface area contributed by atoms with E-state index in [0.29, 0.717) is 23.7 Å². The minimum atomic E-state index is -0.733. The minimum absolute atomic E-state index is 0.0461. The zero-order valence-corrected chi connectivity index (χ0v) is 20.0. The lowest BCUT2D eigenvalue weighted by atomic mass is 9.46. The predicted molar refractivity (Wildman–Crippen MR) is 122 cm³/mol. The molecule has 4 rings (SSSR count). The number of fused-ring (bicyclic) bond motifs is 5. The summed E-state index contributed by atoms with van der Waals surface area (Å²) >= 11 is 0. The van der Waals surface area contributed by atoms with Crippen LogP contribution >= 0.6 is 0 Å². The van der Waals surface area contributed by atoms with Crippen LogP contribution in [0, 0.1) is 46.3 Å². The van der Waals surface area contributed by atoms with Crippen LogP contribution in [0.2, 0.25) is 0 Å². The molecule has 172 valence electrons. The van der Waals surface area contributed by atoms with Crippen LogP contribution in [0.15, 0.2) is 11.3 Å². The molecule has 0 heterocycles. The molecule has 0 bridgehead atoms. The summed E-state index contributed by atoms with van der Waals surface area (Å²) in [5, 5.41) is 32.6. The summed E-state index contributed by atoms with van der Waals surface area (Å²) in [6, 6.07) is 0. The number of hydrogen-bond donors (Lipinski definition) is 3. The van der Waals surface area contributed by atoms with Gasteiger partial charge in [0.1, 0.15) is 11.9 Å². The van der Waals surface area contributed by atoms with Crippen molar-refractivity contribution in [2.75, 3.05) is 0 Å². The Morgan fingerprint density at radius 2 is 1.67 bits per heavy atom. The van der Waals surface area contributed by atoms with Gasteiger partial charge in [-0.1, -0.05) is 53.9 Å². The van der Waals surface area contributed by atoms with Crippen LogP contribution in [-0.4, -0.2) is 27.5 Å². The van der Waals surface area contributed by atoms with Crippen LogP contribution in [0.4, 0.5) is 0 Å². The Kier molecular flexibility index (Phi) is 6.12. The molecule has 30 heavy (non-hydrogen) atoms. The maximum absolute atomic E-state index is 11.3. The first-order valence-electron chi connectivity index (χ1n) is 12.9. The molecule has 1 unspecified atom stereocenters. The van der Waals surface area contributed by atoms with Crippen molar-refractivity contribution < 1.29 is 15.3 Å². The third-order valence-electron chi connectivity index (χ3n) is 10.4. The Labute approximate surface area is 184 Å². The van der Waals surface area contributed by atoms with Crippen molar-refractivity contribution in [3.63, 3.8) is 0 Å². The zero-order chi connectivity index (χ0) is 21.8. The Hall–Kier alpha value is -0.540. The summed E-state index contributed by atoms with van der Waals surface area (Å²) in [6.45, 7) is 11.9. The Balaban J connectivity index is 1.58. The fourth-order valence-corrected chi connectivity index (χ4v) is 8.76. The van der Waals surface area contributed by atoms with Crippen molar-refractivity contribution in [2.45, 2.75) is 111 Å². The second-order valence-corrected chi connectivity index (χ2v) is 12.4. The van der Waals surface area contributed by atoms with E-state index < -0.39 is 6.10 Å². The van der Waals surface area contributed by atoms with E-state index in [0.717, 1.165) is 42.6 Å². The number of rotatable bonds is 5. The van der Waals surface area contributed by atoms with Gasteiger partial charge in [-0.3, -0.25) is 0 Å². The Morgan fingerprint density at radius 3 is 2.37 bits per heavy atom. The average Bonchev–Trinajstić information content (AvgIpc) is 3.04. The summed E-state index contributed by atoms with van der Waals surface area (Å²) in [4.78, 5) is 0.